The Morgan fingerprint density at radius 1 is 0.889 bits per heavy atom. The van der Waals surface area contributed by atoms with E-state index in [0.717, 1.165) is 6.07 Å². The van der Waals surface area contributed by atoms with Crippen LogP contribution in [-0.4, -0.2) is 0 Å². The number of nitrogen functional groups attached to an aromatic ring is 1. The number of para-hydroxylation sites is 2. The lowest BCUT2D eigenvalue weighted by atomic mass is 10.1. The third-order valence-electron chi connectivity index (χ3n) is 2.31. The summed E-state index contributed by atoms with van der Waals surface area (Å²) in [6, 6.07) is 11.8. The van der Waals surface area contributed by atoms with Crippen LogP contribution >= 0.6 is 0 Å². The first-order valence-corrected chi connectivity index (χ1v) is 5.17. The maximum absolute atomic E-state index is 12.8. The second kappa shape index (κ2) is 4.60. The summed E-state index contributed by atoms with van der Waals surface area (Å²) in [5, 5.41) is 0. The number of rotatable bonds is 2. The Bertz CT molecular complexity index is 538. The number of hydrogen-bond acceptors (Lipinski definition) is 2. The molecule has 5 heteroatoms. The van der Waals surface area contributed by atoms with Crippen molar-refractivity contribution in [1.29, 1.82) is 0 Å². The van der Waals surface area contributed by atoms with E-state index in [2.05, 4.69) is 0 Å². The Morgan fingerprint density at radius 2 is 1.56 bits per heavy atom. The fourth-order valence-electron chi connectivity index (χ4n) is 1.50. The molecular weight excluding hydrogens is 243 g/mol. The summed E-state index contributed by atoms with van der Waals surface area (Å²) in [4.78, 5) is 0. The number of halogens is 3. The molecule has 2 aromatic rings. The van der Waals surface area contributed by atoms with Crippen LogP contribution in [0.1, 0.15) is 5.56 Å². The molecule has 94 valence electrons. The van der Waals surface area contributed by atoms with E-state index in [1.54, 1.807) is 30.3 Å². The zero-order valence-corrected chi connectivity index (χ0v) is 9.24. The van der Waals surface area contributed by atoms with Gasteiger partial charge in [0, 0.05) is 0 Å². The lowest BCUT2D eigenvalue weighted by Gasteiger charge is -2.15. The summed E-state index contributed by atoms with van der Waals surface area (Å²) in [6.07, 6.45) is -4.50. The Labute approximate surface area is 102 Å². The standard InChI is InChI=1S/C13H10F3NO/c14-13(15,16)10-7-4-8-11(17)12(10)18-9-5-2-1-3-6-9/h1-8H,17H2. The molecule has 2 nitrogen and oxygen atoms in total. The predicted octanol–water partition coefficient (Wildman–Crippen LogP) is 4.08. The van der Waals surface area contributed by atoms with Gasteiger partial charge in [-0.1, -0.05) is 24.3 Å². The predicted molar refractivity (Wildman–Crippen MR) is 62.4 cm³/mol. The number of ether oxygens (including phenoxy) is 1. The number of alkyl halides is 3. The molecule has 18 heavy (non-hydrogen) atoms. The normalized spacial score (nSPS) is 11.3. The topological polar surface area (TPSA) is 35.2 Å². The van der Waals surface area contributed by atoms with Crippen LogP contribution in [0, 0.1) is 0 Å². The van der Waals surface area contributed by atoms with Crippen molar-refractivity contribution in [3.8, 4) is 11.5 Å². The smallest absolute Gasteiger partial charge is 0.420 e. The van der Waals surface area contributed by atoms with E-state index in [4.69, 9.17) is 10.5 Å². The van der Waals surface area contributed by atoms with Crippen molar-refractivity contribution in [3.05, 3.63) is 54.1 Å². The van der Waals surface area contributed by atoms with Crippen LogP contribution in [0.5, 0.6) is 11.5 Å². The molecule has 0 heterocycles. The van der Waals surface area contributed by atoms with Crippen LogP contribution in [0.3, 0.4) is 0 Å². The summed E-state index contributed by atoms with van der Waals surface area (Å²) in [5.74, 6) is -0.0582. The second-order valence-corrected chi connectivity index (χ2v) is 3.64. The second-order valence-electron chi connectivity index (χ2n) is 3.64. The van der Waals surface area contributed by atoms with E-state index in [1.165, 1.54) is 12.1 Å². The zero-order valence-electron chi connectivity index (χ0n) is 9.24. The van der Waals surface area contributed by atoms with Gasteiger partial charge in [-0.15, -0.1) is 0 Å². The van der Waals surface area contributed by atoms with E-state index in [9.17, 15) is 13.2 Å². The van der Waals surface area contributed by atoms with Crippen LogP contribution in [0.15, 0.2) is 48.5 Å². The highest BCUT2D eigenvalue weighted by Gasteiger charge is 2.35. The van der Waals surface area contributed by atoms with Crippen molar-refractivity contribution in [2.45, 2.75) is 6.18 Å². The Kier molecular flexibility index (Phi) is 3.14. The first kappa shape index (κ1) is 12.3. The highest BCUT2D eigenvalue weighted by atomic mass is 19.4. The first-order valence-electron chi connectivity index (χ1n) is 5.17. The lowest BCUT2D eigenvalue weighted by molar-refractivity contribution is -0.138. The average Bonchev–Trinajstić information content (AvgIpc) is 2.32. The molecule has 0 aliphatic rings. The molecule has 0 bridgehead atoms. The Hall–Kier alpha value is -2.17. The lowest BCUT2D eigenvalue weighted by Crippen LogP contribution is -2.08. The molecule has 0 unspecified atom stereocenters. The molecule has 0 atom stereocenters. The van der Waals surface area contributed by atoms with E-state index in [-0.39, 0.29) is 11.4 Å². The highest BCUT2D eigenvalue weighted by Crippen LogP contribution is 2.41. The zero-order chi connectivity index (χ0) is 13.2. The van der Waals surface area contributed by atoms with Gasteiger partial charge < -0.3 is 10.5 Å². The van der Waals surface area contributed by atoms with Crippen LogP contribution in [0.4, 0.5) is 18.9 Å². The molecule has 2 rings (SSSR count). The van der Waals surface area contributed by atoms with E-state index < -0.39 is 11.7 Å². The summed E-state index contributed by atoms with van der Waals surface area (Å²) in [5.41, 5.74) is 4.61. The maximum atomic E-state index is 12.8. The van der Waals surface area contributed by atoms with Gasteiger partial charge >= 0.3 is 6.18 Å². The first-order chi connectivity index (χ1) is 8.48. The van der Waals surface area contributed by atoms with Crippen molar-refractivity contribution < 1.29 is 17.9 Å². The summed E-state index contributed by atoms with van der Waals surface area (Å²) in [6.45, 7) is 0. The molecule has 2 aromatic carbocycles. The van der Waals surface area contributed by atoms with Crippen molar-refractivity contribution in [2.24, 2.45) is 0 Å². The van der Waals surface area contributed by atoms with Gasteiger partial charge in [-0.3, -0.25) is 0 Å². The van der Waals surface area contributed by atoms with Crippen molar-refractivity contribution in [1.82, 2.24) is 0 Å². The minimum Gasteiger partial charge on any atom is -0.455 e. The largest absolute Gasteiger partial charge is 0.455 e. The van der Waals surface area contributed by atoms with Gasteiger partial charge in [0.15, 0.2) is 5.75 Å². The fraction of sp³-hybridized carbons (Fsp3) is 0.0769. The van der Waals surface area contributed by atoms with Crippen molar-refractivity contribution in [3.63, 3.8) is 0 Å². The Morgan fingerprint density at radius 3 is 2.17 bits per heavy atom. The van der Waals surface area contributed by atoms with Crippen molar-refractivity contribution >= 4 is 5.69 Å². The van der Waals surface area contributed by atoms with Gasteiger partial charge in [0.25, 0.3) is 0 Å². The fourth-order valence-corrected chi connectivity index (χ4v) is 1.50. The van der Waals surface area contributed by atoms with Crippen LogP contribution in [-0.2, 0) is 6.18 Å². The molecule has 0 amide bonds. The van der Waals surface area contributed by atoms with Gasteiger partial charge in [0.2, 0.25) is 0 Å². The van der Waals surface area contributed by atoms with Crippen LogP contribution in [0.25, 0.3) is 0 Å². The van der Waals surface area contributed by atoms with E-state index >= 15 is 0 Å². The van der Waals surface area contributed by atoms with Gasteiger partial charge in [0.1, 0.15) is 11.3 Å². The summed E-state index contributed by atoms with van der Waals surface area (Å²) >= 11 is 0. The van der Waals surface area contributed by atoms with E-state index in [1.807, 2.05) is 0 Å². The molecular formula is C13H10F3NO. The molecule has 0 saturated carbocycles. The minimum atomic E-state index is -4.50. The number of anilines is 1. The average molecular weight is 253 g/mol. The van der Waals surface area contributed by atoms with Gasteiger partial charge in [-0.2, -0.15) is 13.2 Å². The van der Waals surface area contributed by atoms with Gasteiger partial charge in [0.05, 0.1) is 5.69 Å². The molecule has 0 saturated heterocycles. The molecule has 0 aliphatic carbocycles. The Balaban J connectivity index is 2.44. The van der Waals surface area contributed by atoms with Gasteiger partial charge in [-0.25, -0.2) is 0 Å². The quantitative estimate of drug-likeness (QED) is 0.818. The molecule has 2 N–H and O–H groups in total. The molecule has 0 aromatic heterocycles. The molecule has 0 radical (unpaired) electrons. The number of hydrogen-bond donors (Lipinski definition) is 1. The number of nitrogens with two attached hydrogens (primary N) is 1. The maximum Gasteiger partial charge on any atom is 0.420 e. The summed E-state index contributed by atoms with van der Waals surface area (Å²) < 4.78 is 43.6. The SMILES string of the molecule is Nc1cccc(C(F)(F)F)c1Oc1ccccc1. The third kappa shape index (κ3) is 2.56. The minimum absolute atomic E-state index is 0.0475. The van der Waals surface area contributed by atoms with E-state index in [0.29, 0.717) is 5.75 Å². The van der Waals surface area contributed by atoms with Gasteiger partial charge in [-0.05, 0) is 24.3 Å². The summed E-state index contributed by atoms with van der Waals surface area (Å²) in [7, 11) is 0. The van der Waals surface area contributed by atoms with Crippen molar-refractivity contribution in [2.75, 3.05) is 5.73 Å². The van der Waals surface area contributed by atoms with Crippen LogP contribution in [0.2, 0.25) is 0 Å². The molecule has 0 spiro atoms. The highest BCUT2D eigenvalue weighted by molar-refractivity contribution is 5.59. The number of benzene rings is 2. The third-order valence-corrected chi connectivity index (χ3v) is 2.31. The van der Waals surface area contributed by atoms with Crippen LogP contribution < -0.4 is 10.5 Å². The molecule has 0 aliphatic heterocycles. The molecule has 0 fully saturated rings. The monoisotopic (exact) mass is 253 g/mol.